The number of aromatic nitrogens is 2. The number of amides is 1. The summed E-state index contributed by atoms with van der Waals surface area (Å²) in [6.07, 6.45) is 6.55. The first kappa shape index (κ1) is 15.6. The van der Waals surface area contributed by atoms with E-state index in [-0.39, 0.29) is 5.91 Å². The molecule has 5 heteroatoms. The van der Waals surface area contributed by atoms with Gasteiger partial charge in [-0.15, -0.1) is 0 Å². The van der Waals surface area contributed by atoms with Crippen molar-refractivity contribution in [2.75, 3.05) is 20.1 Å². The van der Waals surface area contributed by atoms with Gasteiger partial charge in [0.25, 0.3) is 5.91 Å². The number of carbonyl (C=O) groups is 1. The lowest BCUT2D eigenvalue weighted by atomic mass is 10.1. The summed E-state index contributed by atoms with van der Waals surface area (Å²) >= 11 is 0. The van der Waals surface area contributed by atoms with Crippen molar-refractivity contribution in [3.05, 3.63) is 48.3 Å². The van der Waals surface area contributed by atoms with Gasteiger partial charge in [-0.05, 0) is 56.6 Å². The summed E-state index contributed by atoms with van der Waals surface area (Å²) in [6, 6.07) is 9.71. The molecule has 1 N–H and O–H groups in total. The third-order valence-electron chi connectivity index (χ3n) is 4.35. The van der Waals surface area contributed by atoms with E-state index in [1.807, 2.05) is 42.3 Å². The molecule has 3 heterocycles. The molecular weight excluding hydrogens is 288 g/mol. The Balaban J connectivity index is 1.72. The van der Waals surface area contributed by atoms with Crippen molar-refractivity contribution in [2.45, 2.75) is 25.3 Å². The van der Waals surface area contributed by atoms with Gasteiger partial charge in [-0.2, -0.15) is 0 Å². The van der Waals surface area contributed by atoms with Gasteiger partial charge in [0.05, 0.1) is 17.0 Å². The minimum absolute atomic E-state index is 0.0389. The van der Waals surface area contributed by atoms with Gasteiger partial charge in [0, 0.05) is 25.5 Å². The number of nitrogens with one attached hydrogen (secondary N) is 1. The van der Waals surface area contributed by atoms with E-state index in [1.54, 1.807) is 12.4 Å². The minimum Gasteiger partial charge on any atom is -0.339 e. The molecule has 1 aliphatic heterocycles. The highest BCUT2D eigenvalue weighted by molar-refractivity contribution is 5.94. The molecule has 0 aliphatic carbocycles. The van der Waals surface area contributed by atoms with Gasteiger partial charge < -0.3 is 10.2 Å². The molecule has 2 aromatic heterocycles. The number of hydrogen-bond acceptors (Lipinski definition) is 4. The third-order valence-corrected chi connectivity index (χ3v) is 4.35. The van der Waals surface area contributed by atoms with Crippen molar-refractivity contribution in [3.8, 4) is 11.4 Å². The maximum absolute atomic E-state index is 12.7. The third kappa shape index (κ3) is 3.74. The fraction of sp³-hybridized carbons (Fsp3) is 0.389. The Kier molecular flexibility index (Phi) is 4.98. The fourth-order valence-corrected chi connectivity index (χ4v) is 2.94. The Hall–Kier alpha value is -2.27. The molecule has 0 spiro atoms. The molecule has 3 rings (SSSR count). The van der Waals surface area contributed by atoms with E-state index < -0.39 is 0 Å². The molecule has 0 aromatic carbocycles. The maximum atomic E-state index is 12.7. The van der Waals surface area contributed by atoms with Crippen LogP contribution in [0.4, 0.5) is 0 Å². The molecule has 1 unspecified atom stereocenters. The van der Waals surface area contributed by atoms with Crippen molar-refractivity contribution in [3.63, 3.8) is 0 Å². The second-order valence-electron chi connectivity index (χ2n) is 5.90. The van der Waals surface area contributed by atoms with Crippen LogP contribution in [0, 0.1) is 0 Å². The SMILES string of the molecule is CN(C(=O)c1ccc(-c2ccccn2)nc1)C1CCCNCC1. The minimum atomic E-state index is 0.0389. The van der Waals surface area contributed by atoms with Crippen LogP contribution in [-0.4, -0.2) is 47.0 Å². The van der Waals surface area contributed by atoms with Crippen molar-refractivity contribution < 1.29 is 4.79 Å². The van der Waals surface area contributed by atoms with Gasteiger partial charge in [-0.1, -0.05) is 6.07 Å². The van der Waals surface area contributed by atoms with E-state index in [2.05, 4.69) is 15.3 Å². The predicted octanol–water partition coefficient (Wildman–Crippen LogP) is 2.36. The molecule has 23 heavy (non-hydrogen) atoms. The molecule has 1 aliphatic rings. The molecule has 1 atom stereocenters. The first-order valence-corrected chi connectivity index (χ1v) is 8.11. The molecule has 2 aromatic rings. The quantitative estimate of drug-likeness (QED) is 0.945. The summed E-state index contributed by atoms with van der Waals surface area (Å²) < 4.78 is 0. The number of pyridine rings is 2. The molecule has 0 saturated carbocycles. The number of nitrogens with zero attached hydrogens (tertiary/aromatic N) is 3. The van der Waals surface area contributed by atoms with E-state index in [0.29, 0.717) is 11.6 Å². The topological polar surface area (TPSA) is 58.1 Å². The number of hydrogen-bond donors (Lipinski definition) is 1. The second kappa shape index (κ2) is 7.33. The summed E-state index contributed by atoms with van der Waals surface area (Å²) in [5.74, 6) is 0.0389. The van der Waals surface area contributed by atoms with Crippen molar-refractivity contribution in [1.82, 2.24) is 20.2 Å². The monoisotopic (exact) mass is 310 g/mol. The summed E-state index contributed by atoms with van der Waals surface area (Å²) in [5, 5.41) is 3.38. The van der Waals surface area contributed by atoms with Gasteiger partial charge in [-0.25, -0.2) is 0 Å². The lowest BCUT2D eigenvalue weighted by Gasteiger charge is -2.27. The van der Waals surface area contributed by atoms with Gasteiger partial charge in [0.1, 0.15) is 0 Å². The lowest BCUT2D eigenvalue weighted by Crippen LogP contribution is -2.37. The van der Waals surface area contributed by atoms with Gasteiger partial charge in [0.15, 0.2) is 0 Å². The molecule has 120 valence electrons. The second-order valence-corrected chi connectivity index (χ2v) is 5.90. The fourth-order valence-electron chi connectivity index (χ4n) is 2.94. The first-order valence-electron chi connectivity index (χ1n) is 8.11. The summed E-state index contributed by atoms with van der Waals surface area (Å²) in [4.78, 5) is 23.2. The van der Waals surface area contributed by atoms with Crippen molar-refractivity contribution in [1.29, 1.82) is 0 Å². The van der Waals surface area contributed by atoms with Crippen molar-refractivity contribution in [2.24, 2.45) is 0 Å². The Morgan fingerprint density at radius 2 is 2.00 bits per heavy atom. The maximum Gasteiger partial charge on any atom is 0.255 e. The molecule has 0 bridgehead atoms. The summed E-state index contributed by atoms with van der Waals surface area (Å²) in [5.41, 5.74) is 2.22. The largest absolute Gasteiger partial charge is 0.339 e. The predicted molar refractivity (Wildman–Crippen MR) is 90.1 cm³/mol. The van der Waals surface area contributed by atoms with Crippen LogP contribution in [0.1, 0.15) is 29.6 Å². The number of rotatable bonds is 3. The molecule has 1 fully saturated rings. The van der Waals surface area contributed by atoms with Crippen LogP contribution >= 0.6 is 0 Å². The van der Waals surface area contributed by atoms with E-state index in [4.69, 9.17) is 0 Å². The van der Waals surface area contributed by atoms with Crippen LogP contribution in [0.15, 0.2) is 42.7 Å². The van der Waals surface area contributed by atoms with Crippen LogP contribution in [0.2, 0.25) is 0 Å². The smallest absolute Gasteiger partial charge is 0.255 e. The Bertz CT molecular complexity index is 634. The molecule has 5 nitrogen and oxygen atoms in total. The van der Waals surface area contributed by atoms with Gasteiger partial charge >= 0.3 is 0 Å². The van der Waals surface area contributed by atoms with E-state index in [9.17, 15) is 4.79 Å². The van der Waals surface area contributed by atoms with E-state index >= 15 is 0 Å². The molecule has 1 amide bonds. The van der Waals surface area contributed by atoms with Crippen LogP contribution in [0.5, 0.6) is 0 Å². The zero-order valence-corrected chi connectivity index (χ0v) is 13.4. The average molecular weight is 310 g/mol. The lowest BCUT2D eigenvalue weighted by molar-refractivity contribution is 0.0720. The van der Waals surface area contributed by atoms with E-state index in [1.165, 1.54) is 0 Å². The summed E-state index contributed by atoms with van der Waals surface area (Å²) in [7, 11) is 1.89. The first-order chi connectivity index (χ1) is 11.3. The zero-order chi connectivity index (χ0) is 16.1. The van der Waals surface area contributed by atoms with Crippen LogP contribution in [0.3, 0.4) is 0 Å². The standard InChI is InChI=1S/C18H22N4O/c1-22(15-5-4-10-19-12-9-15)18(23)14-7-8-17(21-13-14)16-6-2-3-11-20-16/h2-3,6-8,11,13,15,19H,4-5,9-10,12H2,1H3. The number of carbonyl (C=O) groups excluding carboxylic acids is 1. The normalized spacial score (nSPS) is 18.2. The van der Waals surface area contributed by atoms with Gasteiger partial charge in [-0.3, -0.25) is 14.8 Å². The molecular formula is C18H22N4O. The van der Waals surface area contributed by atoms with E-state index in [0.717, 1.165) is 43.7 Å². The highest BCUT2D eigenvalue weighted by atomic mass is 16.2. The Morgan fingerprint density at radius 3 is 2.74 bits per heavy atom. The molecule has 0 radical (unpaired) electrons. The van der Waals surface area contributed by atoms with Crippen LogP contribution < -0.4 is 5.32 Å². The van der Waals surface area contributed by atoms with Crippen molar-refractivity contribution >= 4 is 5.91 Å². The average Bonchev–Trinajstić information content (AvgIpc) is 2.91. The molecule has 1 saturated heterocycles. The summed E-state index contributed by atoms with van der Waals surface area (Å²) in [6.45, 7) is 2.01. The zero-order valence-electron chi connectivity index (χ0n) is 13.4. The highest BCUT2D eigenvalue weighted by Crippen LogP contribution is 2.17. The Morgan fingerprint density at radius 1 is 1.13 bits per heavy atom. The van der Waals surface area contributed by atoms with Gasteiger partial charge in [0.2, 0.25) is 0 Å². The van der Waals surface area contributed by atoms with Crippen LogP contribution in [-0.2, 0) is 0 Å². The highest BCUT2D eigenvalue weighted by Gasteiger charge is 2.22. The van der Waals surface area contributed by atoms with Crippen LogP contribution in [0.25, 0.3) is 11.4 Å². The Labute approximate surface area is 136 Å².